The lowest BCUT2D eigenvalue weighted by atomic mass is 10.2. The number of unbranched alkanes of at least 4 members (excludes halogenated alkanes) is 3. The first-order valence-corrected chi connectivity index (χ1v) is 7.18. The van der Waals surface area contributed by atoms with Gasteiger partial charge in [-0.05, 0) is 25.0 Å². The molecule has 1 atom stereocenters. The Morgan fingerprint density at radius 1 is 1.24 bits per heavy atom. The highest BCUT2D eigenvalue weighted by atomic mass is 32.2. The van der Waals surface area contributed by atoms with Gasteiger partial charge in [-0.1, -0.05) is 19.8 Å². The fourth-order valence-electron chi connectivity index (χ4n) is 1.39. The van der Waals surface area contributed by atoms with Crippen molar-refractivity contribution < 1.29 is 18.3 Å². The van der Waals surface area contributed by atoms with Crippen molar-refractivity contribution in [3.8, 4) is 0 Å². The summed E-state index contributed by atoms with van der Waals surface area (Å²) in [6.45, 7) is 3.39. The Morgan fingerprint density at radius 3 is 2.41 bits per heavy atom. The van der Waals surface area contributed by atoms with Gasteiger partial charge in [0.15, 0.2) is 0 Å². The smallest absolute Gasteiger partial charge is 0.303 e. The molecule has 0 amide bonds. The minimum atomic E-state index is -2.17. The number of carbonyl (C=O) groups excluding carboxylic acids is 1. The first-order chi connectivity index (χ1) is 8.06. The second-order valence-corrected chi connectivity index (χ2v) is 5.18. The van der Waals surface area contributed by atoms with E-state index >= 15 is 0 Å². The van der Waals surface area contributed by atoms with Gasteiger partial charge in [0.25, 0.3) is 0 Å². The van der Waals surface area contributed by atoms with E-state index in [0.717, 1.165) is 31.4 Å². The zero-order valence-corrected chi connectivity index (χ0v) is 11.4. The summed E-state index contributed by atoms with van der Waals surface area (Å²) in [7, 11) is 0. The van der Waals surface area contributed by atoms with E-state index < -0.39 is 6.43 Å². The zero-order chi connectivity index (χ0) is 13.1. The van der Waals surface area contributed by atoms with Crippen LogP contribution in [0.5, 0.6) is 0 Å². The molecular formula is C12H22F2O2S. The minimum absolute atomic E-state index is 0.0121. The molecule has 0 fully saturated rings. The van der Waals surface area contributed by atoms with Crippen LogP contribution >= 0.6 is 11.8 Å². The van der Waals surface area contributed by atoms with Crippen molar-refractivity contribution in [2.24, 2.45) is 0 Å². The molecule has 0 saturated carbocycles. The summed E-state index contributed by atoms with van der Waals surface area (Å²) in [5.74, 6) is 0.668. The van der Waals surface area contributed by atoms with E-state index in [0.29, 0.717) is 6.42 Å². The molecule has 0 spiro atoms. The third kappa shape index (κ3) is 11.9. The van der Waals surface area contributed by atoms with Crippen molar-refractivity contribution in [1.82, 2.24) is 0 Å². The van der Waals surface area contributed by atoms with Gasteiger partial charge in [-0.3, -0.25) is 4.79 Å². The topological polar surface area (TPSA) is 26.3 Å². The number of ether oxygens (including phenoxy) is 1. The van der Waals surface area contributed by atoms with Gasteiger partial charge in [0.05, 0.1) is 0 Å². The van der Waals surface area contributed by atoms with E-state index in [1.165, 1.54) is 6.92 Å². The Bertz CT molecular complexity index is 201. The van der Waals surface area contributed by atoms with Crippen LogP contribution in [0.4, 0.5) is 8.78 Å². The van der Waals surface area contributed by atoms with Crippen molar-refractivity contribution in [3.63, 3.8) is 0 Å². The van der Waals surface area contributed by atoms with Crippen molar-refractivity contribution in [3.05, 3.63) is 0 Å². The highest BCUT2D eigenvalue weighted by molar-refractivity contribution is 7.99. The normalized spacial score (nSPS) is 12.8. The molecule has 102 valence electrons. The predicted molar refractivity (Wildman–Crippen MR) is 67.4 cm³/mol. The van der Waals surface area contributed by atoms with Crippen molar-refractivity contribution in [1.29, 1.82) is 0 Å². The van der Waals surface area contributed by atoms with Crippen LogP contribution in [0.1, 0.15) is 52.4 Å². The van der Waals surface area contributed by atoms with Gasteiger partial charge in [0.1, 0.15) is 5.44 Å². The maximum atomic E-state index is 11.8. The number of hydrogen-bond acceptors (Lipinski definition) is 3. The lowest BCUT2D eigenvalue weighted by Gasteiger charge is -2.14. The van der Waals surface area contributed by atoms with Crippen LogP contribution in [0.25, 0.3) is 0 Å². The summed E-state index contributed by atoms with van der Waals surface area (Å²) < 4.78 is 28.7. The predicted octanol–water partition coefficient (Wildman–Crippen LogP) is 4.23. The molecule has 0 radical (unpaired) electrons. The first kappa shape index (κ1) is 16.7. The molecule has 0 aromatic heterocycles. The third-order valence-corrected chi connectivity index (χ3v) is 3.58. The monoisotopic (exact) mass is 268 g/mol. The van der Waals surface area contributed by atoms with Crippen molar-refractivity contribution in [2.75, 3.05) is 5.75 Å². The minimum Gasteiger partial charge on any atom is -0.451 e. The number of thioether (sulfide) groups is 1. The van der Waals surface area contributed by atoms with Gasteiger partial charge in [-0.15, -0.1) is 11.8 Å². The van der Waals surface area contributed by atoms with Crippen molar-refractivity contribution in [2.45, 2.75) is 64.2 Å². The molecule has 0 bridgehead atoms. The average molecular weight is 268 g/mol. The fraction of sp³-hybridized carbons (Fsp3) is 0.917. The van der Waals surface area contributed by atoms with Crippen LogP contribution in [0.15, 0.2) is 0 Å². The molecule has 0 N–H and O–H groups in total. The Kier molecular flexibility index (Phi) is 10.6. The molecule has 17 heavy (non-hydrogen) atoms. The summed E-state index contributed by atoms with van der Waals surface area (Å²) in [5.41, 5.74) is -0.0615. The van der Waals surface area contributed by atoms with Crippen LogP contribution in [-0.4, -0.2) is 23.6 Å². The first-order valence-electron chi connectivity index (χ1n) is 6.13. The molecule has 1 unspecified atom stereocenters. The largest absolute Gasteiger partial charge is 0.451 e. The highest BCUT2D eigenvalue weighted by Gasteiger charge is 2.09. The van der Waals surface area contributed by atoms with Crippen LogP contribution in [-0.2, 0) is 9.53 Å². The zero-order valence-electron chi connectivity index (χ0n) is 10.6. The molecule has 0 aliphatic heterocycles. The quantitative estimate of drug-likeness (QED) is 0.337. The van der Waals surface area contributed by atoms with Gasteiger partial charge >= 0.3 is 5.97 Å². The molecule has 0 aliphatic rings. The lowest BCUT2D eigenvalue weighted by Crippen LogP contribution is -2.11. The maximum absolute atomic E-state index is 11.8. The van der Waals surface area contributed by atoms with E-state index in [4.69, 9.17) is 4.74 Å². The summed E-state index contributed by atoms with van der Waals surface area (Å²) in [4.78, 5) is 10.7. The second kappa shape index (κ2) is 10.8. The van der Waals surface area contributed by atoms with E-state index in [9.17, 15) is 13.6 Å². The summed E-state index contributed by atoms with van der Waals surface area (Å²) in [6.07, 6.45) is 2.06. The van der Waals surface area contributed by atoms with E-state index in [1.807, 2.05) is 6.92 Å². The molecule has 0 aliphatic carbocycles. The molecule has 0 aromatic rings. The molecule has 0 rings (SSSR count). The molecule has 0 aromatic carbocycles. The van der Waals surface area contributed by atoms with Crippen LogP contribution in [0, 0.1) is 0 Å². The molecule has 5 heteroatoms. The summed E-state index contributed by atoms with van der Waals surface area (Å²) >= 11 is 1.62. The number of halogens is 2. The van der Waals surface area contributed by atoms with Crippen molar-refractivity contribution >= 4 is 17.7 Å². The number of hydrogen-bond donors (Lipinski definition) is 0. The number of carbonyl (C=O) groups is 1. The fourth-order valence-corrected chi connectivity index (χ4v) is 2.46. The van der Waals surface area contributed by atoms with Gasteiger partial charge < -0.3 is 4.74 Å². The van der Waals surface area contributed by atoms with Crippen LogP contribution in [0.3, 0.4) is 0 Å². The maximum Gasteiger partial charge on any atom is 0.303 e. The van der Waals surface area contributed by atoms with Gasteiger partial charge in [-0.25, -0.2) is 8.78 Å². The van der Waals surface area contributed by atoms with E-state index in [-0.39, 0.29) is 17.8 Å². The Balaban J connectivity index is 3.33. The summed E-state index contributed by atoms with van der Waals surface area (Å²) in [5, 5.41) is 0. The van der Waals surface area contributed by atoms with Crippen LogP contribution in [0.2, 0.25) is 0 Å². The lowest BCUT2D eigenvalue weighted by molar-refractivity contribution is -0.142. The molecule has 0 heterocycles. The highest BCUT2D eigenvalue weighted by Crippen LogP contribution is 2.19. The Labute approximate surface area is 106 Å². The van der Waals surface area contributed by atoms with Gasteiger partial charge in [0.2, 0.25) is 6.43 Å². The number of alkyl halides is 2. The molecule has 0 saturated heterocycles. The Hall–Kier alpha value is -0.320. The van der Waals surface area contributed by atoms with Crippen LogP contribution < -0.4 is 0 Å². The Morgan fingerprint density at radius 2 is 1.88 bits per heavy atom. The molecular weight excluding hydrogens is 246 g/mol. The summed E-state index contributed by atoms with van der Waals surface area (Å²) in [6, 6.07) is 0. The third-order valence-electron chi connectivity index (χ3n) is 2.25. The number of esters is 1. The van der Waals surface area contributed by atoms with Gasteiger partial charge in [-0.2, -0.15) is 0 Å². The van der Waals surface area contributed by atoms with Gasteiger partial charge in [0, 0.05) is 13.3 Å². The number of rotatable bonds is 10. The second-order valence-electron chi connectivity index (χ2n) is 3.91. The molecule has 2 nitrogen and oxygen atoms in total. The average Bonchev–Trinajstić information content (AvgIpc) is 2.25. The van der Waals surface area contributed by atoms with E-state index in [1.54, 1.807) is 11.8 Å². The van der Waals surface area contributed by atoms with E-state index in [2.05, 4.69) is 0 Å². The standard InChI is InChI=1S/C12H22F2O2S/c1-3-12(16-10(2)15)17-9-7-5-4-6-8-11(13)14/h11-12H,3-9H2,1-2H3. The SMILES string of the molecule is CCC(OC(C)=O)SCCCCCCC(F)F.